The van der Waals surface area contributed by atoms with Gasteiger partial charge in [0, 0.05) is 28.3 Å². The molecular weight excluding hydrogens is 513 g/mol. The van der Waals surface area contributed by atoms with Crippen LogP contribution in [0.15, 0.2) is 59.5 Å². The van der Waals surface area contributed by atoms with Gasteiger partial charge in [0.15, 0.2) is 18.1 Å². The molecule has 8 nitrogen and oxygen atoms in total. The van der Waals surface area contributed by atoms with Crippen LogP contribution in [0.1, 0.15) is 17.5 Å². The first kappa shape index (κ1) is 24.8. The lowest BCUT2D eigenvalue weighted by Gasteiger charge is -2.29. The summed E-state index contributed by atoms with van der Waals surface area (Å²) in [7, 11) is -3.84. The van der Waals surface area contributed by atoms with Crippen molar-refractivity contribution in [3.8, 4) is 23.3 Å². The molecule has 0 aliphatic carbocycles. The Kier molecular flexibility index (Phi) is 7.19. The van der Waals surface area contributed by atoms with E-state index in [0.29, 0.717) is 46.4 Å². The van der Waals surface area contributed by atoms with E-state index in [1.54, 1.807) is 29.2 Å². The topological polar surface area (TPSA) is 123 Å². The Morgan fingerprint density at radius 3 is 2.60 bits per heavy atom. The highest BCUT2D eigenvalue weighted by Crippen LogP contribution is 2.36. The van der Waals surface area contributed by atoms with Crippen molar-refractivity contribution in [1.29, 1.82) is 5.26 Å². The summed E-state index contributed by atoms with van der Waals surface area (Å²) in [6.07, 6.45) is 1.29. The highest BCUT2D eigenvalue weighted by Gasteiger charge is 2.25. The van der Waals surface area contributed by atoms with Crippen molar-refractivity contribution in [3.63, 3.8) is 0 Å². The normalized spacial score (nSPS) is 13.0. The van der Waals surface area contributed by atoms with Gasteiger partial charge in [0.25, 0.3) is 5.91 Å². The Hall–Kier alpha value is -3.29. The third-order valence-corrected chi connectivity index (χ3v) is 6.65. The summed E-state index contributed by atoms with van der Waals surface area (Å²) in [6.45, 7) is 0.167. The van der Waals surface area contributed by atoms with Gasteiger partial charge < -0.3 is 14.4 Å². The van der Waals surface area contributed by atoms with E-state index in [1.807, 2.05) is 6.07 Å². The Balaban J connectivity index is 1.53. The van der Waals surface area contributed by atoms with Gasteiger partial charge in [-0.1, -0.05) is 23.2 Å². The first-order valence-corrected chi connectivity index (χ1v) is 12.7. The number of hydrogen-bond donors (Lipinski definition) is 1. The molecule has 0 saturated heterocycles. The van der Waals surface area contributed by atoms with E-state index < -0.39 is 10.0 Å². The third kappa shape index (κ3) is 5.86. The van der Waals surface area contributed by atoms with Crippen LogP contribution in [0.2, 0.25) is 10.0 Å². The number of carbonyl (C=O) groups excluding carboxylic acids is 1. The van der Waals surface area contributed by atoms with Crippen molar-refractivity contribution < 1.29 is 22.7 Å². The lowest BCUT2D eigenvalue weighted by atomic mass is 10.0. The molecule has 180 valence electrons. The maximum Gasteiger partial charge on any atom is 0.264 e. The molecule has 1 amide bonds. The van der Waals surface area contributed by atoms with E-state index >= 15 is 0 Å². The summed E-state index contributed by atoms with van der Waals surface area (Å²) in [6, 6.07) is 15.7. The predicted octanol–water partition coefficient (Wildman–Crippen LogP) is 4.66. The van der Waals surface area contributed by atoms with Crippen LogP contribution in [0.3, 0.4) is 0 Å². The quantitative estimate of drug-likeness (QED) is 0.493. The number of fused-ring (bicyclic) bond motifs is 1. The number of amides is 1. The zero-order valence-corrected chi connectivity index (χ0v) is 20.5. The first-order valence-electron chi connectivity index (χ1n) is 10.4. The van der Waals surface area contributed by atoms with Crippen LogP contribution in [0.4, 0.5) is 5.69 Å². The number of primary sulfonamides is 1. The molecule has 1 aliphatic rings. The van der Waals surface area contributed by atoms with Crippen molar-refractivity contribution in [2.24, 2.45) is 5.14 Å². The number of ether oxygens (including phenoxy) is 2. The second-order valence-electron chi connectivity index (χ2n) is 7.75. The molecule has 1 heterocycles. The van der Waals surface area contributed by atoms with Crippen molar-refractivity contribution in [2.45, 2.75) is 17.7 Å². The fraction of sp³-hybridized carbons (Fsp3) is 0.167. The molecule has 4 rings (SSSR count). The molecule has 0 unspecified atom stereocenters. The number of nitrogens with zero attached hydrogens (tertiary/aromatic N) is 2. The Bertz CT molecular complexity index is 1450. The molecule has 0 spiro atoms. The zero-order chi connectivity index (χ0) is 25.2. The summed E-state index contributed by atoms with van der Waals surface area (Å²) in [4.78, 5) is 14.6. The van der Waals surface area contributed by atoms with E-state index in [0.717, 1.165) is 5.56 Å². The van der Waals surface area contributed by atoms with Crippen LogP contribution in [-0.2, 0) is 21.2 Å². The number of benzene rings is 3. The van der Waals surface area contributed by atoms with Crippen molar-refractivity contribution in [1.82, 2.24) is 0 Å². The lowest BCUT2D eigenvalue weighted by molar-refractivity contribution is -0.120. The van der Waals surface area contributed by atoms with Gasteiger partial charge in [-0.25, -0.2) is 13.6 Å². The van der Waals surface area contributed by atoms with Crippen molar-refractivity contribution in [3.05, 3.63) is 75.8 Å². The molecule has 11 heteroatoms. The molecule has 0 saturated carbocycles. The Labute approximate surface area is 212 Å². The van der Waals surface area contributed by atoms with Crippen LogP contribution in [0.5, 0.6) is 17.2 Å². The third-order valence-electron chi connectivity index (χ3n) is 5.28. The number of carbonyl (C=O) groups is 1. The number of anilines is 1. The molecule has 0 radical (unpaired) electrons. The SMILES string of the molecule is N#Cc1cc(Cl)cc(Oc2cc(Cl)ccc2OCC(=O)N2CCCc3cc(S(N)(=O)=O)ccc32)c1. The highest BCUT2D eigenvalue weighted by molar-refractivity contribution is 7.89. The average molecular weight is 532 g/mol. The summed E-state index contributed by atoms with van der Waals surface area (Å²) >= 11 is 12.2. The van der Waals surface area contributed by atoms with Gasteiger partial charge in [-0.15, -0.1) is 0 Å². The molecular formula is C24H19Cl2N3O5S. The maximum absolute atomic E-state index is 13.0. The summed E-state index contributed by atoms with van der Waals surface area (Å²) in [5.74, 6) is 0.504. The fourth-order valence-electron chi connectivity index (χ4n) is 3.72. The van der Waals surface area contributed by atoms with Gasteiger partial charge in [0.2, 0.25) is 10.0 Å². The monoisotopic (exact) mass is 531 g/mol. The number of nitrogens with two attached hydrogens (primary N) is 1. The molecule has 0 atom stereocenters. The summed E-state index contributed by atoms with van der Waals surface area (Å²) in [5.41, 5.74) is 1.66. The first-order chi connectivity index (χ1) is 16.6. The minimum atomic E-state index is -3.84. The zero-order valence-electron chi connectivity index (χ0n) is 18.2. The van der Waals surface area contributed by atoms with E-state index in [2.05, 4.69) is 0 Å². The van der Waals surface area contributed by atoms with Gasteiger partial charge in [0.1, 0.15) is 5.75 Å². The van der Waals surface area contributed by atoms with Gasteiger partial charge >= 0.3 is 0 Å². The molecule has 0 fully saturated rings. The lowest BCUT2D eigenvalue weighted by Crippen LogP contribution is -2.38. The average Bonchev–Trinajstić information content (AvgIpc) is 2.81. The molecule has 2 N–H and O–H groups in total. The smallest absolute Gasteiger partial charge is 0.264 e. The van der Waals surface area contributed by atoms with E-state index in [9.17, 15) is 13.2 Å². The molecule has 35 heavy (non-hydrogen) atoms. The number of aryl methyl sites for hydroxylation is 1. The van der Waals surface area contributed by atoms with Gasteiger partial charge in [-0.05, 0) is 66.9 Å². The maximum atomic E-state index is 13.0. The largest absolute Gasteiger partial charge is 0.480 e. The Morgan fingerprint density at radius 2 is 1.86 bits per heavy atom. The molecule has 0 aromatic heterocycles. The predicted molar refractivity (Wildman–Crippen MR) is 132 cm³/mol. The Morgan fingerprint density at radius 1 is 1.06 bits per heavy atom. The standard InChI is InChI=1S/C24H19Cl2N3O5S/c25-17-3-6-22(23(12-17)34-19-9-15(13-27)8-18(26)11-19)33-14-24(30)29-7-1-2-16-10-20(35(28,31)32)4-5-21(16)29/h3-6,8-12H,1-2,7,14H2,(H2,28,31,32). The van der Waals surface area contributed by atoms with Crippen LogP contribution < -0.4 is 19.5 Å². The number of halogens is 2. The molecule has 3 aromatic rings. The number of nitriles is 1. The van der Waals surface area contributed by atoms with E-state index in [4.69, 9.17) is 43.1 Å². The molecule has 1 aliphatic heterocycles. The minimum Gasteiger partial charge on any atom is -0.480 e. The summed E-state index contributed by atoms with van der Waals surface area (Å²) in [5, 5.41) is 15.1. The van der Waals surface area contributed by atoms with Gasteiger partial charge in [0.05, 0.1) is 16.5 Å². The second-order valence-corrected chi connectivity index (χ2v) is 10.2. The highest BCUT2D eigenvalue weighted by atomic mass is 35.5. The van der Waals surface area contributed by atoms with Crippen LogP contribution in [0.25, 0.3) is 0 Å². The minimum absolute atomic E-state index is 0.00493. The van der Waals surface area contributed by atoms with Crippen LogP contribution in [0, 0.1) is 11.3 Å². The van der Waals surface area contributed by atoms with E-state index in [1.165, 1.54) is 30.3 Å². The van der Waals surface area contributed by atoms with Crippen LogP contribution >= 0.6 is 23.2 Å². The van der Waals surface area contributed by atoms with Gasteiger partial charge in [-0.2, -0.15) is 5.26 Å². The number of rotatable bonds is 6. The van der Waals surface area contributed by atoms with Crippen LogP contribution in [-0.4, -0.2) is 27.5 Å². The number of sulfonamides is 1. The van der Waals surface area contributed by atoms with E-state index in [-0.39, 0.29) is 28.9 Å². The molecule has 3 aromatic carbocycles. The number of hydrogen-bond acceptors (Lipinski definition) is 6. The summed E-state index contributed by atoms with van der Waals surface area (Å²) < 4.78 is 35.0. The second kappa shape index (κ2) is 10.1. The molecule has 0 bridgehead atoms. The van der Waals surface area contributed by atoms with Crippen molar-refractivity contribution in [2.75, 3.05) is 18.1 Å². The van der Waals surface area contributed by atoms with Gasteiger partial charge in [-0.3, -0.25) is 4.79 Å². The van der Waals surface area contributed by atoms with Crippen molar-refractivity contribution >= 4 is 44.8 Å². The fourth-order valence-corrected chi connectivity index (χ4v) is 4.67.